The molecule has 0 heterocycles. The first-order valence-corrected chi connectivity index (χ1v) is 6.56. The number of hydrogen-bond acceptors (Lipinski definition) is 3. The first-order chi connectivity index (χ1) is 7.65. The van der Waals surface area contributed by atoms with Crippen molar-refractivity contribution < 1.29 is 9.53 Å². The molecule has 3 nitrogen and oxygen atoms in total. The zero-order valence-electron chi connectivity index (χ0n) is 12.2. The summed E-state index contributed by atoms with van der Waals surface area (Å²) in [7, 11) is 0. The molecule has 2 unspecified atom stereocenters. The molecule has 0 rings (SSSR count). The van der Waals surface area contributed by atoms with E-state index in [1.807, 2.05) is 6.92 Å². The van der Waals surface area contributed by atoms with E-state index in [4.69, 9.17) is 10.5 Å². The molecule has 0 spiro atoms. The van der Waals surface area contributed by atoms with E-state index in [2.05, 4.69) is 34.6 Å². The molecule has 0 aliphatic rings. The third-order valence-corrected chi connectivity index (χ3v) is 2.60. The molecule has 2 atom stereocenters. The fourth-order valence-corrected chi connectivity index (χ4v) is 2.01. The fraction of sp³-hybridized carbons (Fsp3) is 0.929. The Morgan fingerprint density at radius 1 is 1.24 bits per heavy atom. The van der Waals surface area contributed by atoms with E-state index < -0.39 is 0 Å². The van der Waals surface area contributed by atoms with Gasteiger partial charge >= 0.3 is 5.97 Å². The van der Waals surface area contributed by atoms with Gasteiger partial charge in [0.2, 0.25) is 0 Å². The summed E-state index contributed by atoms with van der Waals surface area (Å²) in [6.45, 7) is 12.9. The van der Waals surface area contributed by atoms with Crippen molar-refractivity contribution in [3.63, 3.8) is 0 Å². The molecule has 0 saturated heterocycles. The summed E-state index contributed by atoms with van der Waals surface area (Å²) >= 11 is 0. The van der Waals surface area contributed by atoms with Gasteiger partial charge in [0.25, 0.3) is 0 Å². The first kappa shape index (κ1) is 16.4. The topological polar surface area (TPSA) is 52.3 Å². The van der Waals surface area contributed by atoms with Gasteiger partial charge in [-0.3, -0.25) is 4.79 Å². The Bertz CT molecular complexity index is 231. The molecule has 0 aromatic carbocycles. The molecule has 0 fully saturated rings. The van der Waals surface area contributed by atoms with Crippen LogP contribution in [-0.2, 0) is 9.53 Å². The molecule has 0 bridgehead atoms. The molecule has 2 N–H and O–H groups in total. The maximum Gasteiger partial charge on any atom is 0.310 e. The summed E-state index contributed by atoms with van der Waals surface area (Å²) in [4.78, 5) is 11.9. The van der Waals surface area contributed by atoms with E-state index >= 15 is 0 Å². The number of esters is 1. The summed E-state index contributed by atoms with van der Waals surface area (Å²) in [5.41, 5.74) is 5.76. The second-order valence-electron chi connectivity index (χ2n) is 6.57. The molecule has 0 aromatic heterocycles. The zero-order chi connectivity index (χ0) is 13.6. The molecule has 102 valence electrons. The Labute approximate surface area is 106 Å². The average Bonchev–Trinajstić information content (AvgIpc) is 2.10. The largest absolute Gasteiger partial charge is 0.462 e. The lowest BCUT2D eigenvalue weighted by Gasteiger charge is -2.25. The predicted octanol–water partition coefficient (Wildman–Crippen LogP) is 2.98. The molecular weight excluding hydrogens is 214 g/mol. The van der Waals surface area contributed by atoms with Gasteiger partial charge in [0.1, 0.15) is 0 Å². The minimum atomic E-state index is -0.176. The van der Waals surface area contributed by atoms with Crippen LogP contribution in [0.3, 0.4) is 0 Å². The number of hydrogen-bond donors (Lipinski definition) is 1. The second kappa shape index (κ2) is 7.00. The predicted molar refractivity (Wildman–Crippen MR) is 71.6 cm³/mol. The second-order valence-corrected chi connectivity index (χ2v) is 6.57. The summed E-state index contributed by atoms with van der Waals surface area (Å²) in [5, 5.41) is 0. The van der Waals surface area contributed by atoms with Crippen LogP contribution >= 0.6 is 0 Å². The molecule has 17 heavy (non-hydrogen) atoms. The number of nitrogens with two attached hydrogens (primary N) is 1. The van der Waals surface area contributed by atoms with Crippen molar-refractivity contribution in [2.24, 2.45) is 23.0 Å². The fourth-order valence-electron chi connectivity index (χ4n) is 2.01. The van der Waals surface area contributed by atoms with Crippen molar-refractivity contribution in [3.05, 3.63) is 0 Å². The van der Waals surface area contributed by atoms with Crippen LogP contribution in [0.1, 0.15) is 54.4 Å². The van der Waals surface area contributed by atoms with Gasteiger partial charge in [0, 0.05) is 6.54 Å². The van der Waals surface area contributed by atoms with E-state index in [1.54, 1.807) is 0 Å². The van der Waals surface area contributed by atoms with E-state index in [0.29, 0.717) is 12.5 Å². The van der Waals surface area contributed by atoms with Gasteiger partial charge in [-0.15, -0.1) is 0 Å². The van der Waals surface area contributed by atoms with Crippen molar-refractivity contribution in [2.75, 3.05) is 6.54 Å². The molecule has 0 radical (unpaired) electrons. The van der Waals surface area contributed by atoms with Crippen LogP contribution in [0.5, 0.6) is 0 Å². The van der Waals surface area contributed by atoms with Gasteiger partial charge in [-0.25, -0.2) is 0 Å². The third kappa shape index (κ3) is 8.19. The van der Waals surface area contributed by atoms with Crippen LogP contribution in [0.2, 0.25) is 0 Å². The number of rotatable bonds is 6. The van der Waals surface area contributed by atoms with Crippen molar-refractivity contribution >= 4 is 5.97 Å². The normalized spacial score (nSPS) is 15.8. The summed E-state index contributed by atoms with van der Waals surface area (Å²) < 4.78 is 5.44. The highest BCUT2D eigenvalue weighted by Gasteiger charge is 2.26. The highest BCUT2D eigenvalue weighted by molar-refractivity contribution is 5.72. The third-order valence-electron chi connectivity index (χ3n) is 2.60. The van der Waals surface area contributed by atoms with E-state index in [1.165, 1.54) is 0 Å². The molecule has 0 amide bonds. The van der Waals surface area contributed by atoms with E-state index in [9.17, 15) is 4.79 Å². The van der Waals surface area contributed by atoms with Gasteiger partial charge in [0.05, 0.1) is 12.0 Å². The van der Waals surface area contributed by atoms with Crippen LogP contribution < -0.4 is 5.73 Å². The average molecular weight is 243 g/mol. The van der Waals surface area contributed by atoms with Crippen molar-refractivity contribution in [1.29, 1.82) is 0 Å². The van der Waals surface area contributed by atoms with Crippen LogP contribution in [-0.4, -0.2) is 18.6 Å². The Balaban J connectivity index is 4.26. The van der Waals surface area contributed by atoms with Crippen LogP contribution in [0.15, 0.2) is 0 Å². The lowest BCUT2D eigenvalue weighted by molar-refractivity contribution is -0.154. The van der Waals surface area contributed by atoms with Gasteiger partial charge in [0.15, 0.2) is 0 Å². The Hall–Kier alpha value is -0.570. The van der Waals surface area contributed by atoms with Crippen molar-refractivity contribution in [3.8, 4) is 0 Å². The smallest absolute Gasteiger partial charge is 0.310 e. The Kier molecular flexibility index (Phi) is 6.76. The number of carbonyl (C=O) groups excluding carboxylic acids is 1. The Morgan fingerprint density at radius 3 is 2.12 bits per heavy atom. The zero-order valence-corrected chi connectivity index (χ0v) is 12.2. The van der Waals surface area contributed by atoms with Gasteiger partial charge in [-0.2, -0.15) is 0 Å². The highest BCUT2D eigenvalue weighted by Crippen LogP contribution is 2.25. The molecular formula is C14H29NO2. The first-order valence-electron chi connectivity index (χ1n) is 6.56. The number of ether oxygens (including phenoxy) is 1. The SMILES string of the molecule is CC(C)CC(C)OC(=O)C(CN)CC(C)(C)C. The molecule has 0 aliphatic heterocycles. The molecule has 0 saturated carbocycles. The number of carbonyl (C=O) groups is 1. The molecule has 0 aromatic rings. The summed E-state index contributed by atoms with van der Waals surface area (Å²) in [6, 6.07) is 0. The molecule has 3 heteroatoms. The standard InChI is InChI=1S/C14H29NO2/c1-10(2)7-11(3)17-13(16)12(9-15)8-14(4,5)6/h10-12H,7-9,15H2,1-6H3. The van der Waals surface area contributed by atoms with E-state index in [-0.39, 0.29) is 23.4 Å². The maximum atomic E-state index is 11.9. The lowest BCUT2D eigenvalue weighted by Crippen LogP contribution is -2.32. The van der Waals surface area contributed by atoms with Crippen LogP contribution in [0.25, 0.3) is 0 Å². The highest BCUT2D eigenvalue weighted by atomic mass is 16.5. The maximum absolute atomic E-state index is 11.9. The van der Waals surface area contributed by atoms with Crippen molar-refractivity contribution in [1.82, 2.24) is 0 Å². The monoisotopic (exact) mass is 243 g/mol. The summed E-state index contributed by atoms with van der Waals surface area (Å²) in [6.07, 6.45) is 1.66. The lowest BCUT2D eigenvalue weighted by atomic mass is 9.84. The van der Waals surface area contributed by atoms with Crippen LogP contribution in [0, 0.1) is 17.3 Å². The van der Waals surface area contributed by atoms with Crippen LogP contribution in [0.4, 0.5) is 0 Å². The Morgan fingerprint density at radius 2 is 1.76 bits per heavy atom. The summed E-state index contributed by atoms with van der Waals surface area (Å²) in [5.74, 6) is 0.219. The van der Waals surface area contributed by atoms with Gasteiger partial charge in [-0.1, -0.05) is 34.6 Å². The van der Waals surface area contributed by atoms with Gasteiger partial charge in [-0.05, 0) is 31.1 Å². The van der Waals surface area contributed by atoms with Gasteiger partial charge < -0.3 is 10.5 Å². The van der Waals surface area contributed by atoms with Crippen molar-refractivity contribution in [2.45, 2.75) is 60.5 Å². The minimum absolute atomic E-state index is 0.0171. The quantitative estimate of drug-likeness (QED) is 0.730. The molecule has 0 aliphatic carbocycles. The minimum Gasteiger partial charge on any atom is -0.462 e. The van der Waals surface area contributed by atoms with E-state index in [0.717, 1.165) is 12.8 Å².